The minimum Gasteiger partial charge on any atom is -0.370 e. The van der Waals surface area contributed by atoms with Crippen LogP contribution >= 0.6 is 23.5 Å². The molecule has 2 atom stereocenters. The van der Waals surface area contributed by atoms with Gasteiger partial charge in [-0.2, -0.15) is 0 Å². The van der Waals surface area contributed by atoms with Gasteiger partial charge in [-0.15, -0.1) is 23.5 Å². The van der Waals surface area contributed by atoms with Crippen LogP contribution < -0.4 is 10.6 Å². The molecule has 4 heteroatoms. The first-order chi connectivity index (χ1) is 8.17. The summed E-state index contributed by atoms with van der Waals surface area (Å²) in [6.45, 7) is 3.06. The largest absolute Gasteiger partial charge is 0.370 e. The second kappa shape index (κ2) is 5.55. The number of thioether (sulfide) groups is 2. The lowest BCUT2D eigenvalue weighted by atomic mass is 10.1. The van der Waals surface area contributed by atoms with Crippen molar-refractivity contribution in [1.82, 2.24) is 0 Å². The van der Waals surface area contributed by atoms with Crippen molar-refractivity contribution in [1.29, 1.82) is 0 Å². The van der Waals surface area contributed by atoms with Crippen LogP contribution in [0.15, 0.2) is 28.0 Å². The second-order valence-corrected chi connectivity index (χ2v) is 6.58. The molecule has 0 aliphatic carbocycles. The van der Waals surface area contributed by atoms with E-state index in [1.54, 1.807) is 11.8 Å². The first-order valence-corrected chi connectivity index (χ1v) is 8.05. The van der Waals surface area contributed by atoms with E-state index in [0.29, 0.717) is 11.3 Å². The molecule has 2 N–H and O–H groups in total. The van der Waals surface area contributed by atoms with Crippen LogP contribution in [0.2, 0.25) is 0 Å². The number of hydrogen-bond donors (Lipinski definition) is 1. The minimum absolute atomic E-state index is 0.552. The summed E-state index contributed by atoms with van der Waals surface area (Å²) in [4.78, 5) is 5.12. The van der Waals surface area contributed by atoms with E-state index in [1.165, 1.54) is 15.5 Å². The van der Waals surface area contributed by atoms with E-state index in [9.17, 15) is 0 Å². The molecule has 2 unspecified atom stereocenters. The third kappa shape index (κ3) is 2.59. The van der Waals surface area contributed by atoms with Gasteiger partial charge in [-0.25, -0.2) is 0 Å². The van der Waals surface area contributed by atoms with Crippen molar-refractivity contribution in [3.8, 4) is 0 Å². The Morgan fingerprint density at radius 3 is 2.88 bits per heavy atom. The average molecular weight is 268 g/mol. The molecule has 0 bridgehead atoms. The van der Waals surface area contributed by atoms with Crippen LogP contribution in [0, 0.1) is 0 Å². The van der Waals surface area contributed by atoms with Crippen molar-refractivity contribution in [3.05, 3.63) is 18.2 Å². The summed E-state index contributed by atoms with van der Waals surface area (Å²) < 4.78 is 0. The molecular weight excluding hydrogens is 248 g/mol. The van der Waals surface area contributed by atoms with Crippen molar-refractivity contribution < 1.29 is 0 Å². The number of hydrogen-bond acceptors (Lipinski definition) is 4. The number of rotatable bonds is 3. The molecule has 2 rings (SSSR count). The molecule has 17 heavy (non-hydrogen) atoms. The van der Waals surface area contributed by atoms with E-state index in [-0.39, 0.29) is 0 Å². The molecule has 1 aliphatic rings. The molecular formula is C13H20N2S2. The van der Waals surface area contributed by atoms with Crippen LogP contribution in [0.1, 0.15) is 13.3 Å². The number of fused-ring (bicyclic) bond motifs is 1. The van der Waals surface area contributed by atoms with Gasteiger partial charge in [0.15, 0.2) is 0 Å². The van der Waals surface area contributed by atoms with Crippen molar-refractivity contribution in [3.63, 3.8) is 0 Å². The van der Waals surface area contributed by atoms with Gasteiger partial charge in [0.1, 0.15) is 0 Å². The maximum absolute atomic E-state index is 5.71. The standard InChI is InChI=1S/C13H20N2S2/c1-9-12(6-7-14)17-13-8-10(16-3)4-5-11(13)15(9)2/h4-5,8-9,12H,6-7,14H2,1-3H3. The molecule has 1 heterocycles. The highest BCUT2D eigenvalue weighted by atomic mass is 32.2. The predicted molar refractivity (Wildman–Crippen MR) is 79.4 cm³/mol. The highest BCUT2D eigenvalue weighted by molar-refractivity contribution is 8.00. The Hall–Kier alpha value is -0.320. The Morgan fingerprint density at radius 2 is 2.24 bits per heavy atom. The summed E-state index contributed by atoms with van der Waals surface area (Å²) in [5.74, 6) is 0. The van der Waals surface area contributed by atoms with E-state index in [2.05, 4.69) is 43.3 Å². The fourth-order valence-corrected chi connectivity index (χ4v) is 4.20. The average Bonchev–Trinajstić information content (AvgIpc) is 2.35. The molecule has 2 nitrogen and oxygen atoms in total. The third-order valence-electron chi connectivity index (χ3n) is 3.43. The van der Waals surface area contributed by atoms with Crippen molar-refractivity contribution in [2.75, 3.05) is 24.7 Å². The lowest BCUT2D eigenvalue weighted by molar-refractivity contribution is 0.603. The lowest BCUT2D eigenvalue weighted by Crippen LogP contribution is -2.41. The number of benzene rings is 1. The Bertz CT molecular complexity index is 395. The Kier molecular flexibility index (Phi) is 4.28. The molecule has 0 radical (unpaired) electrons. The SMILES string of the molecule is CSc1ccc2c(c1)SC(CCN)C(C)N2C. The van der Waals surface area contributed by atoms with Crippen molar-refractivity contribution in [2.24, 2.45) is 5.73 Å². The summed E-state index contributed by atoms with van der Waals surface area (Å²) in [6.07, 6.45) is 3.21. The Balaban J connectivity index is 2.31. The molecule has 0 saturated heterocycles. The van der Waals surface area contributed by atoms with Crippen LogP contribution in [0.25, 0.3) is 0 Å². The summed E-state index contributed by atoms with van der Waals surface area (Å²) >= 11 is 3.79. The van der Waals surface area contributed by atoms with Gasteiger partial charge in [0.05, 0.1) is 5.69 Å². The van der Waals surface area contributed by atoms with Gasteiger partial charge in [-0.05, 0) is 44.3 Å². The van der Waals surface area contributed by atoms with Crippen molar-refractivity contribution in [2.45, 2.75) is 34.4 Å². The van der Waals surface area contributed by atoms with E-state index in [1.807, 2.05) is 11.8 Å². The monoisotopic (exact) mass is 268 g/mol. The molecule has 1 aromatic rings. The fraction of sp³-hybridized carbons (Fsp3) is 0.538. The van der Waals surface area contributed by atoms with Gasteiger partial charge in [0.2, 0.25) is 0 Å². The van der Waals surface area contributed by atoms with Gasteiger partial charge in [0.25, 0.3) is 0 Å². The first-order valence-electron chi connectivity index (χ1n) is 5.95. The van der Waals surface area contributed by atoms with E-state index in [4.69, 9.17) is 5.73 Å². The van der Waals surface area contributed by atoms with Gasteiger partial charge < -0.3 is 10.6 Å². The molecule has 0 amide bonds. The van der Waals surface area contributed by atoms with Gasteiger partial charge in [-0.3, -0.25) is 0 Å². The number of nitrogens with two attached hydrogens (primary N) is 1. The quantitative estimate of drug-likeness (QED) is 0.853. The second-order valence-electron chi connectivity index (χ2n) is 4.42. The van der Waals surface area contributed by atoms with Crippen molar-refractivity contribution >= 4 is 29.2 Å². The lowest BCUT2D eigenvalue weighted by Gasteiger charge is -2.39. The summed E-state index contributed by atoms with van der Waals surface area (Å²) in [7, 11) is 2.19. The third-order valence-corrected chi connectivity index (χ3v) is 5.66. The van der Waals surface area contributed by atoms with Crippen LogP contribution in [-0.4, -0.2) is 31.1 Å². The number of anilines is 1. The molecule has 0 spiro atoms. The summed E-state index contributed by atoms with van der Waals surface area (Å²) in [5.41, 5.74) is 7.06. The molecule has 94 valence electrons. The van der Waals surface area contributed by atoms with E-state index in [0.717, 1.165) is 13.0 Å². The van der Waals surface area contributed by atoms with Gasteiger partial charge >= 0.3 is 0 Å². The highest BCUT2D eigenvalue weighted by Gasteiger charge is 2.29. The maximum Gasteiger partial charge on any atom is 0.0505 e. The first kappa shape index (κ1) is 13.1. The fourth-order valence-electron chi connectivity index (χ4n) is 2.20. The Morgan fingerprint density at radius 1 is 1.47 bits per heavy atom. The van der Waals surface area contributed by atoms with E-state index >= 15 is 0 Å². The zero-order valence-electron chi connectivity index (χ0n) is 10.6. The zero-order chi connectivity index (χ0) is 12.4. The topological polar surface area (TPSA) is 29.3 Å². The highest BCUT2D eigenvalue weighted by Crippen LogP contribution is 2.43. The molecule has 0 saturated carbocycles. The Labute approximate surface area is 112 Å². The van der Waals surface area contributed by atoms with Crippen LogP contribution in [-0.2, 0) is 0 Å². The number of nitrogens with zero attached hydrogens (tertiary/aromatic N) is 1. The molecule has 1 aromatic carbocycles. The zero-order valence-corrected chi connectivity index (χ0v) is 12.3. The van der Waals surface area contributed by atoms with E-state index < -0.39 is 0 Å². The molecule has 1 aliphatic heterocycles. The normalized spacial score (nSPS) is 23.6. The van der Waals surface area contributed by atoms with Crippen LogP contribution in [0.3, 0.4) is 0 Å². The van der Waals surface area contributed by atoms with Crippen LogP contribution in [0.5, 0.6) is 0 Å². The van der Waals surface area contributed by atoms with Gasteiger partial charge in [0, 0.05) is 28.1 Å². The van der Waals surface area contributed by atoms with Gasteiger partial charge in [-0.1, -0.05) is 0 Å². The summed E-state index contributed by atoms with van der Waals surface area (Å²) in [5, 5.41) is 0.606. The summed E-state index contributed by atoms with van der Waals surface area (Å²) in [6, 6.07) is 7.30. The molecule has 0 aromatic heterocycles. The smallest absolute Gasteiger partial charge is 0.0505 e. The molecule has 0 fully saturated rings. The minimum atomic E-state index is 0.552. The van der Waals surface area contributed by atoms with Crippen LogP contribution in [0.4, 0.5) is 5.69 Å². The maximum atomic E-state index is 5.71. The predicted octanol–water partition coefficient (Wildman–Crippen LogP) is 3.06.